The summed E-state index contributed by atoms with van der Waals surface area (Å²) in [5.74, 6) is 0.166. The first kappa shape index (κ1) is 20.5. The molecule has 4 aromatic rings. The summed E-state index contributed by atoms with van der Waals surface area (Å²) in [7, 11) is 1.53. The number of fused-ring (bicyclic) bond motifs is 1. The molecule has 7 nitrogen and oxygen atoms in total. The second-order valence-electron chi connectivity index (χ2n) is 6.57. The minimum Gasteiger partial charge on any atom is -0.508 e. The van der Waals surface area contributed by atoms with Gasteiger partial charge in [-0.15, -0.1) is 5.10 Å². The highest BCUT2D eigenvalue weighted by molar-refractivity contribution is 9.10. The zero-order chi connectivity index (χ0) is 21.8. The number of benzene rings is 3. The van der Waals surface area contributed by atoms with Crippen LogP contribution in [-0.4, -0.2) is 18.1 Å². The van der Waals surface area contributed by atoms with Gasteiger partial charge in [0.2, 0.25) is 5.55 Å². The summed E-state index contributed by atoms with van der Waals surface area (Å²) in [6, 6.07) is 20.8. The van der Waals surface area contributed by atoms with Gasteiger partial charge in [-0.25, -0.2) is 0 Å². The lowest BCUT2D eigenvalue weighted by Gasteiger charge is -2.10. The summed E-state index contributed by atoms with van der Waals surface area (Å²) >= 11 is 3.39. The molecule has 0 bridgehead atoms. The second-order valence-corrected chi connectivity index (χ2v) is 7.49. The SMILES string of the molecule is COc1ccccc1NC(=O)c1cc2ccc(O)cc2oc1=NNc1ccc(Br)cc1. The van der Waals surface area contributed by atoms with E-state index >= 15 is 0 Å². The van der Waals surface area contributed by atoms with Crippen molar-refractivity contribution in [2.75, 3.05) is 17.9 Å². The normalized spacial score (nSPS) is 11.4. The number of phenolic OH excluding ortho intramolecular Hbond substituents is 1. The van der Waals surface area contributed by atoms with Gasteiger partial charge < -0.3 is 19.6 Å². The molecular weight excluding hydrogens is 462 g/mol. The summed E-state index contributed by atoms with van der Waals surface area (Å²) in [6.45, 7) is 0. The number of carbonyl (C=O) groups is 1. The smallest absolute Gasteiger partial charge is 0.261 e. The third-order valence-corrected chi connectivity index (χ3v) is 4.99. The number of nitrogens with one attached hydrogen (secondary N) is 2. The number of amides is 1. The van der Waals surface area contributed by atoms with Crippen LogP contribution in [0.4, 0.5) is 11.4 Å². The van der Waals surface area contributed by atoms with Crippen LogP contribution in [0.5, 0.6) is 11.5 Å². The van der Waals surface area contributed by atoms with Crippen molar-refractivity contribution in [1.29, 1.82) is 0 Å². The molecule has 0 radical (unpaired) electrons. The van der Waals surface area contributed by atoms with Crippen molar-refractivity contribution in [3.05, 3.63) is 88.4 Å². The van der Waals surface area contributed by atoms with Crippen molar-refractivity contribution in [2.45, 2.75) is 0 Å². The molecule has 0 unspecified atom stereocenters. The van der Waals surface area contributed by atoms with Crippen molar-refractivity contribution in [3.63, 3.8) is 0 Å². The third kappa shape index (κ3) is 4.70. The maximum Gasteiger partial charge on any atom is 0.261 e. The summed E-state index contributed by atoms with van der Waals surface area (Å²) in [5.41, 5.74) is 4.80. The number of rotatable bonds is 5. The Hall–Kier alpha value is -3.78. The van der Waals surface area contributed by atoms with Gasteiger partial charge in [-0.2, -0.15) is 0 Å². The van der Waals surface area contributed by atoms with Crippen LogP contribution in [0.2, 0.25) is 0 Å². The predicted octanol–water partition coefficient (Wildman–Crippen LogP) is 5.09. The van der Waals surface area contributed by atoms with Crippen LogP contribution in [-0.2, 0) is 0 Å². The predicted molar refractivity (Wildman–Crippen MR) is 122 cm³/mol. The number of ether oxygens (including phenoxy) is 1. The van der Waals surface area contributed by atoms with Gasteiger partial charge in [-0.05, 0) is 54.6 Å². The molecule has 1 heterocycles. The first-order chi connectivity index (χ1) is 15.0. The lowest BCUT2D eigenvalue weighted by Crippen LogP contribution is -2.23. The topological polar surface area (TPSA) is 96.1 Å². The van der Waals surface area contributed by atoms with Crippen molar-refractivity contribution in [2.24, 2.45) is 5.10 Å². The van der Waals surface area contributed by atoms with Crippen molar-refractivity contribution >= 4 is 44.2 Å². The first-order valence-corrected chi connectivity index (χ1v) is 10.1. The van der Waals surface area contributed by atoms with Crippen LogP contribution < -0.4 is 21.0 Å². The molecule has 0 aliphatic rings. The fourth-order valence-corrected chi connectivity index (χ4v) is 3.19. The Morgan fingerprint density at radius 1 is 1.06 bits per heavy atom. The molecule has 0 saturated heterocycles. The van der Waals surface area contributed by atoms with Crippen LogP contribution in [0.25, 0.3) is 11.0 Å². The highest BCUT2D eigenvalue weighted by Crippen LogP contribution is 2.24. The van der Waals surface area contributed by atoms with Crippen molar-refractivity contribution < 1.29 is 19.1 Å². The zero-order valence-corrected chi connectivity index (χ0v) is 18.0. The Labute approximate surface area is 186 Å². The molecule has 1 aromatic heterocycles. The van der Waals surface area contributed by atoms with E-state index in [-0.39, 0.29) is 16.9 Å². The molecule has 0 aliphatic heterocycles. The van der Waals surface area contributed by atoms with Gasteiger partial charge in [-0.1, -0.05) is 28.1 Å². The molecule has 0 atom stereocenters. The maximum absolute atomic E-state index is 13.1. The van der Waals surface area contributed by atoms with Crippen LogP contribution in [0, 0.1) is 0 Å². The number of aromatic hydroxyl groups is 1. The highest BCUT2D eigenvalue weighted by Gasteiger charge is 2.15. The summed E-state index contributed by atoms with van der Waals surface area (Å²) in [5, 5.41) is 17.5. The zero-order valence-electron chi connectivity index (χ0n) is 16.4. The quantitative estimate of drug-likeness (QED) is 0.346. The molecular formula is C23H18BrN3O4. The minimum absolute atomic E-state index is 0.0503. The van der Waals surface area contributed by atoms with Crippen molar-refractivity contribution in [3.8, 4) is 11.5 Å². The molecule has 0 spiro atoms. The average molecular weight is 480 g/mol. The molecule has 8 heteroatoms. The molecule has 156 valence electrons. The Balaban J connectivity index is 1.77. The Kier molecular flexibility index (Phi) is 5.90. The summed E-state index contributed by atoms with van der Waals surface area (Å²) in [6.07, 6.45) is 0. The van der Waals surface area contributed by atoms with Gasteiger partial charge in [0.05, 0.1) is 18.5 Å². The molecule has 3 aromatic carbocycles. The van der Waals surface area contributed by atoms with Crippen molar-refractivity contribution in [1.82, 2.24) is 0 Å². The summed E-state index contributed by atoms with van der Waals surface area (Å²) in [4.78, 5) is 13.1. The average Bonchev–Trinajstić information content (AvgIpc) is 2.78. The summed E-state index contributed by atoms with van der Waals surface area (Å²) < 4.78 is 12.1. The van der Waals surface area contributed by atoms with Gasteiger partial charge in [0.15, 0.2) is 0 Å². The van der Waals surface area contributed by atoms with E-state index in [9.17, 15) is 9.90 Å². The molecule has 31 heavy (non-hydrogen) atoms. The lowest BCUT2D eigenvalue weighted by molar-refractivity contribution is 0.102. The van der Waals surface area contributed by atoms with Crippen LogP contribution in [0.3, 0.4) is 0 Å². The third-order valence-electron chi connectivity index (χ3n) is 4.46. The van der Waals surface area contributed by atoms with E-state index in [1.165, 1.54) is 19.2 Å². The minimum atomic E-state index is -0.417. The monoisotopic (exact) mass is 479 g/mol. The first-order valence-electron chi connectivity index (χ1n) is 9.30. The van der Waals surface area contributed by atoms with Gasteiger partial charge >= 0.3 is 0 Å². The highest BCUT2D eigenvalue weighted by atomic mass is 79.9. The van der Waals surface area contributed by atoms with E-state index < -0.39 is 5.91 Å². The molecule has 4 rings (SSSR count). The van der Waals surface area contributed by atoms with Gasteiger partial charge in [0.25, 0.3) is 5.91 Å². The van der Waals surface area contributed by atoms with Crippen LogP contribution in [0.15, 0.2) is 86.8 Å². The number of para-hydroxylation sites is 2. The number of halogens is 1. The van der Waals surface area contributed by atoms with Crippen LogP contribution >= 0.6 is 15.9 Å². The fraction of sp³-hybridized carbons (Fsp3) is 0.0435. The number of nitrogens with zero attached hydrogens (tertiary/aromatic N) is 1. The molecule has 0 fully saturated rings. The molecule has 1 amide bonds. The Bertz CT molecular complexity index is 1320. The molecule has 0 saturated carbocycles. The molecule has 3 N–H and O–H groups in total. The Morgan fingerprint density at radius 2 is 1.84 bits per heavy atom. The van der Waals surface area contributed by atoms with Gasteiger partial charge in [-0.3, -0.25) is 10.2 Å². The van der Waals surface area contributed by atoms with E-state index in [0.717, 1.165) is 4.47 Å². The van der Waals surface area contributed by atoms with E-state index in [2.05, 4.69) is 31.8 Å². The van der Waals surface area contributed by atoms with Gasteiger partial charge in [0, 0.05) is 15.9 Å². The fourth-order valence-electron chi connectivity index (χ4n) is 2.93. The van der Waals surface area contributed by atoms with E-state index in [1.54, 1.807) is 30.3 Å². The van der Waals surface area contributed by atoms with E-state index in [1.807, 2.05) is 30.3 Å². The second kappa shape index (κ2) is 8.93. The maximum atomic E-state index is 13.1. The number of carbonyl (C=O) groups excluding carboxylic acids is 1. The van der Waals surface area contributed by atoms with E-state index in [4.69, 9.17) is 9.15 Å². The molecule has 0 aliphatic carbocycles. The van der Waals surface area contributed by atoms with Gasteiger partial charge in [0.1, 0.15) is 22.6 Å². The number of methoxy groups -OCH3 is 1. The number of phenols is 1. The number of hydrogen-bond donors (Lipinski definition) is 3. The largest absolute Gasteiger partial charge is 0.508 e. The number of anilines is 2. The van der Waals surface area contributed by atoms with E-state index in [0.29, 0.717) is 28.1 Å². The Morgan fingerprint density at radius 3 is 2.61 bits per heavy atom. The standard InChI is InChI=1S/C23H18BrN3O4/c1-30-20-5-3-2-4-19(20)25-22(29)18-12-14-6-11-17(28)13-21(14)31-23(18)27-26-16-9-7-15(24)8-10-16/h2-13,26,28H,1H3,(H,25,29). The van der Waals surface area contributed by atoms with Crippen LogP contribution in [0.1, 0.15) is 10.4 Å². The lowest BCUT2D eigenvalue weighted by atomic mass is 10.1. The number of hydrogen-bond acceptors (Lipinski definition) is 6.